The second-order valence-corrected chi connectivity index (χ2v) is 4.57. The molecule has 2 rings (SSSR count). The molecule has 0 bridgehead atoms. The minimum atomic E-state index is -0.749. The van der Waals surface area contributed by atoms with Crippen LogP contribution in [0.15, 0.2) is 48.5 Å². The average molecular weight is 316 g/mol. The number of nitro groups is 1. The molecule has 0 amide bonds. The number of anilines is 1. The molecule has 0 saturated carbocycles. The molecule has 0 spiro atoms. The molecular formula is C16H16N2O5. The van der Waals surface area contributed by atoms with Gasteiger partial charge in [-0.05, 0) is 24.3 Å². The number of hydrogen-bond donors (Lipinski definition) is 1. The zero-order valence-corrected chi connectivity index (χ0v) is 12.5. The molecule has 0 aliphatic carbocycles. The summed E-state index contributed by atoms with van der Waals surface area (Å²) in [6.07, 6.45) is 0. The molecule has 0 radical (unpaired) electrons. The number of nitro benzene ring substituents is 1. The lowest BCUT2D eigenvalue weighted by atomic mass is 10.1. The molecule has 1 N–H and O–H groups in total. The van der Waals surface area contributed by atoms with E-state index in [1.165, 1.54) is 25.3 Å². The molecule has 0 aliphatic heterocycles. The number of carbonyl (C=O) groups is 1. The third kappa shape index (κ3) is 4.44. The van der Waals surface area contributed by atoms with E-state index in [4.69, 9.17) is 4.74 Å². The van der Waals surface area contributed by atoms with Crippen LogP contribution in [0.5, 0.6) is 5.75 Å². The molecule has 2 aromatic carbocycles. The van der Waals surface area contributed by atoms with Crippen molar-refractivity contribution in [1.82, 2.24) is 0 Å². The summed E-state index contributed by atoms with van der Waals surface area (Å²) in [7, 11) is 1.18. The number of ether oxygens (including phenoxy) is 2. The largest absolute Gasteiger partial charge is 0.492 e. The Labute approximate surface area is 133 Å². The van der Waals surface area contributed by atoms with Crippen LogP contribution in [0.1, 0.15) is 10.4 Å². The van der Waals surface area contributed by atoms with Gasteiger partial charge in [-0.15, -0.1) is 0 Å². The van der Waals surface area contributed by atoms with Crippen molar-refractivity contribution in [1.29, 1.82) is 0 Å². The molecule has 7 heteroatoms. The third-order valence-corrected chi connectivity index (χ3v) is 3.04. The van der Waals surface area contributed by atoms with Crippen molar-refractivity contribution in [3.8, 4) is 5.75 Å². The summed E-state index contributed by atoms with van der Waals surface area (Å²) >= 11 is 0. The summed E-state index contributed by atoms with van der Waals surface area (Å²) in [5, 5.41) is 14.0. The van der Waals surface area contributed by atoms with E-state index in [1.54, 1.807) is 0 Å². The normalized spacial score (nSPS) is 9.96. The van der Waals surface area contributed by atoms with Gasteiger partial charge in [0.2, 0.25) is 0 Å². The Kier molecular flexibility index (Phi) is 5.51. The summed E-state index contributed by atoms with van der Waals surface area (Å²) in [5.41, 5.74) is 0.196. The molecule has 120 valence electrons. The minimum Gasteiger partial charge on any atom is -0.492 e. The number of methoxy groups -OCH3 is 1. The number of nitrogens with zero attached hydrogens (tertiary/aromatic N) is 1. The average Bonchev–Trinajstić information content (AvgIpc) is 2.58. The second kappa shape index (κ2) is 7.79. The number of rotatable bonds is 7. The van der Waals surface area contributed by atoms with E-state index in [0.29, 0.717) is 18.8 Å². The summed E-state index contributed by atoms with van der Waals surface area (Å²) in [6, 6.07) is 13.6. The maximum atomic E-state index is 11.6. The van der Waals surface area contributed by atoms with Crippen LogP contribution in [0.4, 0.5) is 11.4 Å². The lowest BCUT2D eigenvalue weighted by molar-refractivity contribution is -0.385. The van der Waals surface area contributed by atoms with Gasteiger partial charge in [0.25, 0.3) is 5.69 Å². The topological polar surface area (TPSA) is 90.7 Å². The lowest BCUT2D eigenvalue weighted by Crippen LogP contribution is -2.12. The monoisotopic (exact) mass is 316 g/mol. The Morgan fingerprint density at radius 2 is 1.96 bits per heavy atom. The summed E-state index contributed by atoms with van der Waals surface area (Å²) in [5.74, 6) is 0.00846. The first-order valence-corrected chi connectivity index (χ1v) is 6.90. The maximum Gasteiger partial charge on any atom is 0.344 e. The fraction of sp³-hybridized carbons (Fsp3) is 0.188. The quantitative estimate of drug-likeness (QED) is 0.365. The van der Waals surface area contributed by atoms with Crippen molar-refractivity contribution in [3.63, 3.8) is 0 Å². The van der Waals surface area contributed by atoms with Gasteiger partial charge in [0.1, 0.15) is 17.9 Å². The van der Waals surface area contributed by atoms with Crippen molar-refractivity contribution < 1.29 is 19.2 Å². The number of esters is 1. The standard InChI is InChI=1S/C16H16N2O5/c1-22-16(19)14-11-12(7-8-15(14)18(20)21)17-9-10-23-13-5-3-2-4-6-13/h2-8,11,17H,9-10H2,1H3. The number of hydrogen-bond acceptors (Lipinski definition) is 6. The molecule has 0 heterocycles. The van der Waals surface area contributed by atoms with Crippen LogP contribution in [-0.2, 0) is 4.74 Å². The van der Waals surface area contributed by atoms with Crippen molar-refractivity contribution >= 4 is 17.3 Å². The van der Waals surface area contributed by atoms with E-state index in [-0.39, 0.29) is 11.3 Å². The van der Waals surface area contributed by atoms with Crippen molar-refractivity contribution in [2.45, 2.75) is 0 Å². The van der Waals surface area contributed by atoms with Crippen molar-refractivity contribution in [2.75, 3.05) is 25.6 Å². The van der Waals surface area contributed by atoms with Gasteiger partial charge in [-0.2, -0.15) is 0 Å². The fourth-order valence-electron chi connectivity index (χ4n) is 1.96. The van der Waals surface area contributed by atoms with Gasteiger partial charge in [0.05, 0.1) is 12.0 Å². The van der Waals surface area contributed by atoms with Crippen molar-refractivity contribution in [3.05, 3.63) is 64.2 Å². The first-order valence-electron chi connectivity index (χ1n) is 6.90. The SMILES string of the molecule is COC(=O)c1cc(NCCOc2ccccc2)ccc1[N+](=O)[O-]. The van der Waals surface area contributed by atoms with Gasteiger partial charge in [-0.3, -0.25) is 10.1 Å². The van der Waals surface area contributed by atoms with Crippen LogP contribution >= 0.6 is 0 Å². The summed E-state index contributed by atoms with van der Waals surface area (Å²) in [4.78, 5) is 21.9. The first-order chi connectivity index (χ1) is 11.1. The van der Waals surface area contributed by atoms with Gasteiger partial charge < -0.3 is 14.8 Å². The molecule has 0 unspecified atom stereocenters. The van der Waals surface area contributed by atoms with Gasteiger partial charge in [-0.1, -0.05) is 18.2 Å². The van der Waals surface area contributed by atoms with E-state index in [0.717, 1.165) is 5.75 Å². The number of benzene rings is 2. The smallest absolute Gasteiger partial charge is 0.344 e. The molecule has 0 aliphatic rings. The molecule has 7 nitrogen and oxygen atoms in total. The van der Waals surface area contributed by atoms with E-state index in [9.17, 15) is 14.9 Å². The van der Waals surface area contributed by atoms with Gasteiger partial charge in [-0.25, -0.2) is 4.79 Å². The highest BCUT2D eigenvalue weighted by Crippen LogP contribution is 2.23. The van der Waals surface area contributed by atoms with Crippen LogP contribution in [0, 0.1) is 10.1 Å². The predicted molar refractivity (Wildman–Crippen MR) is 84.9 cm³/mol. The van der Waals surface area contributed by atoms with Crippen LogP contribution in [0.25, 0.3) is 0 Å². The molecule has 0 saturated heterocycles. The first kappa shape index (κ1) is 16.3. The third-order valence-electron chi connectivity index (χ3n) is 3.04. The Morgan fingerprint density at radius 1 is 1.22 bits per heavy atom. The summed E-state index contributed by atoms with van der Waals surface area (Å²) in [6.45, 7) is 0.891. The summed E-state index contributed by atoms with van der Waals surface area (Å²) < 4.78 is 10.1. The maximum absolute atomic E-state index is 11.6. The van der Waals surface area contributed by atoms with E-state index in [1.807, 2.05) is 30.3 Å². The highest BCUT2D eigenvalue weighted by atomic mass is 16.6. The van der Waals surface area contributed by atoms with E-state index >= 15 is 0 Å². The number of carbonyl (C=O) groups excluding carboxylic acids is 1. The molecular weight excluding hydrogens is 300 g/mol. The Hall–Kier alpha value is -3.09. The molecule has 0 atom stereocenters. The Balaban J connectivity index is 1.97. The van der Waals surface area contributed by atoms with E-state index in [2.05, 4.69) is 10.1 Å². The highest BCUT2D eigenvalue weighted by Gasteiger charge is 2.21. The fourth-order valence-corrected chi connectivity index (χ4v) is 1.96. The van der Waals surface area contributed by atoms with Crippen LogP contribution < -0.4 is 10.1 Å². The number of nitrogens with one attached hydrogen (secondary N) is 1. The van der Waals surface area contributed by atoms with Crippen LogP contribution in [0.3, 0.4) is 0 Å². The zero-order valence-electron chi connectivity index (χ0n) is 12.5. The molecule has 2 aromatic rings. The Morgan fingerprint density at radius 3 is 2.61 bits per heavy atom. The molecule has 0 fully saturated rings. The van der Waals surface area contributed by atoms with Gasteiger partial charge in [0, 0.05) is 18.3 Å². The van der Waals surface area contributed by atoms with Crippen molar-refractivity contribution in [2.24, 2.45) is 0 Å². The Bertz CT molecular complexity index is 688. The second-order valence-electron chi connectivity index (χ2n) is 4.57. The minimum absolute atomic E-state index is 0.0912. The number of para-hydroxylation sites is 1. The van der Waals surface area contributed by atoms with Gasteiger partial charge in [0.15, 0.2) is 0 Å². The lowest BCUT2D eigenvalue weighted by Gasteiger charge is -2.09. The van der Waals surface area contributed by atoms with E-state index < -0.39 is 10.9 Å². The van der Waals surface area contributed by atoms with Gasteiger partial charge >= 0.3 is 5.97 Å². The van der Waals surface area contributed by atoms with Crippen LogP contribution in [-0.4, -0.2) is 31.2 Å². The molecule has 23 heavy (non-hydrogen) atoms. The van der Waals surface area contributed by atoms with Crippen LogP contribution in [0.2, 0.25) is 0 Å². The predicted octanol–water partition coefficient (Wildman–Crippen LogP) is 2.87. The highest BCUT2D eigenvalue weighted by molar-refractivity contribution is 5.95. The molecule has 0 aromatic heterocycles. The zero-order chi connectivity index (χ0) is 16.7.